The van der Waals surface area contributed by atoms with E-state index in [1.165, 1.54) is 0 Å². The van der Waals surface area contributed by atoms with Crippen LogP contribution in [-0.4, -0.2) is 44.5 Å². The molecule has 3 rings (SSSR count). The predicted molar refractivity (Wildman–Crippen MR) is 97.0 cm³/mol. The number of hydrogen-bond acceptors (Lipinski definition) is 5. The molecular formula is C19H26N4O3. The highest BCUT2D eigenvalue weighted by atomic mass is 16.5. The molecule has 1 aliphatic rings. The first-order valence-electron chi connectivity index (χ1n) is 9.01. The van der Waals surface area contributed by atoms with Crippen LogP contribution in [0, 0.1) is 5.92 Å². The minimum atomic E-state index is -0.446. The van der Waals surface area contributed by atoms with E-state index in [0.717, 1.165) is 18.0 Å². The zero-order chi connectivity index (χ0) is 18.7. The highest BCUT2D eigenvalue weighted by Crippen LogP contribution is 2.37. The van der Waals surface area contributed by atoms with E-state index in [0.29, 0.717) is 18.5 Å². The molecule has 1 aromatic heterocycles. The molecule has 1 fully saturated rings. The number of rotatable bonds is 6. The molecule has 0 saturated heterocycles. The van der Waals surface area contributed by atoms with Gasteiger partial charge in [-0.1, -0.05) is 0 Å². The number of carbonyl (C=O) groups excluding carboxylic acids is 1. The molecule has 0 unspecified atom stereocenters. The van der Waals surface area contributed by atoms with Crippen molar-refractivity contribution in [2.24, 2.45) is 13.0 Å². The Balaban J connectivity index is 1.53. The van der Waals surface area contributed by atoms with Gasteiger partial charge in [0.25, 0.3) is 5.91 Å². The highest BCUT2D eigenvalue weighted by Gasteiger charge is 2.36. The molecule has 1 amide bonds. The lowest BCUT2D eigenvalue weighted by molar-refractivity contribution is 0.0916. The standard InChI is InChI=1S/C19H26N4O3/c1-12(2)26-16-6-4-13(5-7-16)19(25)20-10-15-8-14(9-17(15)24)18-22-21-11-23(18)3/h4-7,11-12,14-15,17,24H,8-10H2,1-3H3,(H,20,25)/t14-,15+,17+/m0/s1. The number of aromatic nitrogens is 3. The average molecular weight is 358 g/mol. The second-order valence-corrected chi connectivity index (χ2v) is 7.20. The van der Waals surface area contributed by atoms with Gasteiger partial charge in [-0.2, -0.15) is 0 Å². The molecule has 1 saturated carbocycles. The van der Waals surface area contributed by atoms with Crippen molar-refractivity contribution in [2.45, 2.75) is 44.8 Å². The third kappa shape index (κ3) is 4.22. The van der Waals surface area contributed by atoms with Gasteiger partial charge in [0.05, 0.1) is 12.2 Å². The Morgan fingerprint density at radius 3 is 2.69 bits per heavy atom. The van der Waals surface area contributed by atoms with Crippen molar-refractivity contribution in [1.29, 1.82) is 0 Å². The van der Waals surface area contributed by atoms with Crippen molar-refractivity contribution in [3.05, 3.63) is 42.0 Å². The molecule has 1 aromatic carbocycles. The molecule has 0 spiro atoms. The third-order valence-electron chi connectivity index (χ3n) is 4.78. The van der Waals surface area contributed by atoms with Crippen LogP contribution in [0.4, 0.5) is 0 Å². The van der Waals surface area contributed by atoms with Gasteiger partial charge >= 0.3 is 0 Å². The SMILES string of the molecule is CC(C)Oc1ccc(C(=O)NC[C@H]2C[C@H](c3nncn3C)C[C@H]2O)cc1. The van der Waals surface area contributed by atoms with Gasteiger partial charge in [0, 0.05) is 31.0 Å². The van der Waals surface area contributed by atoms with E-state index in [1.54, 1.807) is 30.6 Å². The van der Waals surface area contributed by atoms with Crippen molar-refractivity contribution in [3.8, 4) is 5.75 Å². The summed E-state index contributed by atoms with van der Waals surface area (Å²) in [7, 11) is 1.91. The van der Waals surface area contributed by atoms with E-state index in [-0.39, 0.29) is 23.8 Å². The van der Waals surface area contributed by atoms with Crippen molar-refractivity contribution in [2.75, 3.05) is 6.54 Å². The van der Waals surface area contributed by atoms with E-state index in [1.807, 2.05) is 25.5 Å². The van der Waals surface area contributed by atoms with Crippen LogP contribution in [0.1, 0.15) is 48.8 Å². The maximum atomic E-state index is 12.3. The Hall–Kier alpha value is -2.41. The topological polar surface area (TPSA) is 89.3 Å². The number of ether oxygens (including phenoxy) is 1. The fourth-order valence-electron chi connectivity index (χ4n) is 3.48. The number of nitrogens with one attached hydrogen (secondary N) is 1. The summed E-state index contributed by atoms with van der Waals surface area (Å²) in [4.78, 5) is 12.3. The minimum absolute atomic E-state index is 0.0178. The molecule has 0 aliphatic heterocycles. The summed E-state index contributed by atoms with van der Waals surface area (Å²) in [6.45, 7) is 4.36. The largest absolute Gasteiger partial charge is 0.491 e. The summed E-state index contributed by atoms with van der Waals surface area (Å²) in [6.07, 6.45) is 2.76. The molecule has 1 aliphatic carbocycles. The molecular weight excluding hydrogens is 332 g/mol. The monoisotopic (exact) mass is 358 g/mol. The van der Waals surface area contributed by atoms with Crippen LogP contribution >= 0.6 is 0 Å². The fourth-order valence-corrected chi connectivity index (χ4v) is 3.48. The van der Waals surface area contributed by atoms with Gasteiger partial charge in [-0.25, -0.2) is 0 Å². The number of benzene rings is 1. The molecule has 0 radical (unpaired) electrons. The zero-order valence-corrected chi connectivity index (χ0v) is 15.4. The number of aryl methyl sites for hydroxylation is 1. The van der Waals surface area contributed by atoms with E-state index < -0.39 is 6.10 Å². The van der Waals surface area contributed by atoms with Crippen LogP contribution < -0.4 is 10.1 Å². The molecule has 0 bridgehead atoms. The fraction of sp³-hybridized carbons (Fsp3) is 0.526. The van der Waals surface area contributed by atoms with Crippen LogP contribution in [0.25, 0.3) is 0 Å². The maximum Gasteiger partial charge on any atom is 0.251 e. The summed E-state index contributed by atoms with van der Waals surface area (Å²) in [6, 6.07) is 7.09. The first-order valence-corrected chi connectivity index (χ1v) is 9.01. The molecule has 2 aromatic rings. The molecule has 7 nitrogen and oxygen atoms in total. The lowest BCUT2D eigenvalue weighted by Crippen LogP contribution is -2.32. The Morgan fingerprint density at radius 1 is 1.35 bits per heavy atom. The number of amides is 1. The molecule has 1 heterocycles. The summed E-state index contributed by atoms with van der Waals surface area (Å²) < 4.78 is 7.47. The lowest BCUT2D eigenvalue weighted by atomic mass is 10.0. The van der Waals surface area contributed by atoms with Crippen LogP contribution in [0.3, 0.4) is 0 Å². The predicted octanol–water partition coefficient (Wildman–Crippen LogP) is 1.89. The Kier molecular flexibility index (Phi) is 5.56. The number of hydrogen-bond donors (Lipinski definition) is 2. The van der Waals surface area contributed by atoms with Crippen molar-refractivity contribution >= 4 is 5.91 Å². The lowest BCUT2D eigenvalue weighted by Gasteiger charge is -2.15. The molecule has 2 N–H and O–H groups in total. The van der Waals surface area contributed by atoms with Crippen LogP contribution in [0.5, 0.6) is 5.75 Å². The summed E-state index contributed by atoms with van der Waals surface area (Å²) in [5.74, 6) is 1.68. The molecule has 3 atom stereocenters. The third-order valence-corrected chi connectivity index (χ3v) is 4.78. The highest BCUT2D eigenvalue weighted by molar-refractivity contribution is 5.94. The van der Waals surface area contributed by atoms with Gasteiger partial charge in [-0.3, -0.25) is 4.79 Å². The molecule has 7 heteroatoms. The number of aliphatic hydroxyl groups excluding tert-OH is 1. The Morgan fingerprint density at radius 2 is 2.08 bits per heavy atom. The van der Waals surface area contributed by atoms with E-state index in [4.69, 9.17) is 4.74 Å². The first-order chi connectivity index (χ1) is 12.4. The van der Waals surface area contributed by atoms with Gasteiger partial charge in [-0.15, -0.1) is 10.2 Å². The van der Waals surface area contributed by atoms with Crippen LogP contribution in [0.2, 0.25) is 0 Å². The zero-order valence-electron chi connectivity index (χ0n) is 15.4. The van der Waals surface area contributed by atoms with E-state index in [2.05, 4.69) is 15.5 Å². The van der Waals surface area contributed by atoms with Gasteiger partial charge in [0.15, 0.2) is 0 Å². The van der Waals surface area contributed by atoms with Gasteiger partial charge in [0.2, 0.25) is 0 Å². The normalized spacial score (nSPS) is 22.6. The van der Waals surface area contributed by atoms with Gasteiger partial charge in [0.1, 0.15) is 17.9 Å². The second kappa shape index (κ2) is 7.86. The summed E-state index contributed by atoms with van der Waals surface area (Å²) in [5, 5.41) is 21.3. The smallest absolute Gasteiger partial charge is 0.251 e. The Bertz CT molecular complexity index is 741. The molecule has 140 valence electrons. The van der Waals surface area contributed by atoms with Gasteiger partial charge in [-0.05, 0) is 51.0 Å². The van der Waals surface area contributed by atoms with Crippen molar-refractivity contribution < 1.29 is 14.6 Å². The average Bonchev–Trinajstić information content (AvgIpc) is 3.18. The summed E-state index contributed by atoms with van der Waals surface area (Å²) >= 11 is 0. The second-order valence-electron chi connectivity index (χ2n) is 7.20. The van der Waals surface area contributed by atoms with E-state index in [9.17, 15) is 9.90 Å². The summed E-state index contributed by atoms with van der Waals surface area (Å²) in [5.41, 5.74) is 0.582. The number of nitrogens with zero attached hydrogens (tertiary/aromatic N) is 3. The number of carbonyl (C=O) groups is 1. The van der Waals surface area contributed by atoms with E-state index >= 15 is 0 Å². The van der Waals surface area contributed by atoms with Crippen LogP contribution in [0.15, 0.2) is 30.6 Å². The van der Waals surface area contributed by atoms with Gasteiger partial charge < -0.3 is 19.7 Å². The minimum Gasteiger partial charge on any atom is -0.491 e. The molecule has 26 heavy (non-hydrogen) atoms. The number of aliphatic hydroxyl groups is 1. The van der Waals surface area contributed by atoms with Crippen LogP contribution in [-0.2, 0) is 7.05 Å². The first kappa shape index (κ1) is 18.4. The van der Waals surface area contributed by atoms with Crippen molar-refractivity contribution in [1.82, 2.24) is 20.1 Å². The quantitative estimate of drug-likeness (QED) is 0.823. The van der Waals surface area contributed by atoms with Crippen molar-refractivity contribution in [3.63, 3.8) is 0 Å². The maximum absolute atomic E-state index is 12.3. The Labute approximate surface area is 153 Å².